The molecule has 21 heavy (non-hydrogen) atoms. The lowest BCUT2D eigenvalue weighted by Gasteiger charge is -2.17. The minimum atomic E-state index is -0.619. The van der Waals surface area contributed by atoms with Crippen LogP contribution in [-0.4, -0.2) is 9.78 Å². The number of rotatable bonds is 5. The van der Waals surface area contributed by atoms with Crippen LogP contribution in [0.5, 0.6) is 0 Å². The van der Waals surface area contributed by atoms with Gasteiger partial charge in [-0.25, -0.2) is 8.78 Å². The Kier molecular flexibility index (Phi) is 5.08. The molecule has 0 saturated carbocycles. The number of hydrogen-bond acceptors (Lipinski definition) is 3. The van der Waals surface area contributed by atoms with Crippen molar-refractivity contribution in [3.63, 3.8) is 0 Å². The third kappa shape index (κ3) is 3.30. The molecule has 3 N–H and O–H groups in total. The van der Waals surface area contributed by atoms with E-state index in [4.69, 9.17) is 5.84 Å². The second-order valence-corrected chi connectivity index (χ2v) is 5.57. The Bertz CT molecular complexity index is 642. The van der Waals surface area contributed by atoms with Gasteiger partial charge in [-0.15, -0.1) is 0 Å². The second kappa shape index (κ2) is 6.64. The molecule has 0 fully saturated rings. The molecule has 0 radical (unpaired) electrons. The average Bonchev–Trinajstić information content (AvgIpc) is 2.72. The van der Waals surface area contributed by atoms with Crippen LogP contribution >= 0.6 is 15.9 Å². The lowest BCUT2D eigenvalue weighted by atomic mass is 10.0. The number of nitrogens with zero attached hydrogens (tertiary/aromatic N) is 2. The molecule has 1 atom stereocenters. The van der Waals surface area contributed by atoms with Crippen LogP contribution in [0.2, 0.25) is 0 Å². The highest BCUT2D eigenvalue weighted by Crippen LogP contribution is 2.27. The molecule has 2 aromatic rings. The maximum absolute atomic E-state index is 13.9. The molecule has 2 rings (SSSR count). The summed E-state index contributed by atoms with van der Waals surface area (Å²) < 4.78 is 29.5. The number of halogens is 3. The van der Waals surface area contributed by atoms with E-state index in [1.807, 2.05) is 14.0 Å². The van der Waals surface area contributed by atoms with Crippen LogP contribution in [0.3, 0.4) is 0 Å². The van der Waals surface area contributed by atoms with Crippen LogP contribution in [0.15, 0.2) is 22.7 Å². The topological polar surface area (TPSA) is 55.9 Å². The normalized spacial score (nSPS) is 12.7. The Labute approximate surface area is 130 Å². The highest BCUT2D eigenvalue weighted by atomic mass is 79.9. The van der Waals surface area contributed by atoms with Crippen molar-refractivity contribution in [2.75, 3.05) is 0 Å². The van der Waals surface area contributed by atoms with Gasteiger partial charge in [-0.3, -0.25) is 16.0 Å². The Balaban J connectivity index is 2.33. The van der Waals surface area contributed by atoms with Gasteiger partial charge >= 0.3 is 0 Å². The predicted octanol–water partition coefficient (Wildman–Crippen LogP) is 2.77. The zero-order valence-electron chi connectivity index (χ0n) is 11.8. The first kappa shape index (κ1) is 16.1. The quantitative estimate of drug-likeness (QED) is 0.638. The van der Waals surface area contributed by atoms with E-state index in [1.165, 1.54) is 12.1 Å². The van der Waals surface area contributed by atoms with E-state index >= 15 is 0 Å². The minimum Gasteiger partial charge on any atom is -0.271 e. The number of hydrazine groups is 1. The van der Waals surface area contributed by atoms with Crippen molar-refractivity contribution >= 4 is 15.9 Å². The number of nitrogens with two attached hydrogens (primary N) is 1. The molecule has 1 unspecified atom stereocenters. The molecule has 0 aliphatic rings. The van der Waals surface area contributed by atoms with E-state index in [-0.39, 0.29) is 0 Å². The molecule has 0 amide bonds. The van der Waals surface area contributed by atoms with Crippen LogP contribution in [-0.2, 0) is 19.9 Å². The largest absolute Gasteiger partial charge is 0.271 e. The highest BCUT2D eigenvalue weighted by Gasteiger charge is 2.20. The molecule has 0 aliphatic carbocycles. The SMILES string of the molecule is CCc1nn(C)c(CC(NN)c2ccc(F)cc2F)c1Br. The molecular formula is C14H17BrF2N4. The van der Waals surface area contributed by atoms with E-state index in [9.17, 15) is 8.78 Å². The molecule has 1 aromatic heterocycles. The lowest BCUT2D eigenvalue weighted by Crippen LogP contribution is -2.31. The van der Waals surface area contributed by atoms with Gasteiger partial charge in [0.15, 0.2) is 0 Å². The van der Waals surface area contributed by atoms with Crippen LogP contribution in [0.25, 0.3) is 0 Å². The molecule has 0 bridgehead atoms. The standard InChI is InChI=1S/C14H17BrF2N4/c1-3-11-14(15)13(21(2)20-11)7-12(19-18)9-5-4-8(16)6-10(9)17/h4-6,12,19H,3,7,18H2,1-2H3. The summed E-state index contributed by atoms with van der Waals surface area (Å²) in [5.41, 5.74) is 4.74. The van der Waals surface area contributed by atoms with Crippen LogP contribution in [0.4, 0.5) is 8.78 Å². The van der Waals surface area contributed by atoms with Gasteiger partial charge in [0.05, 0.1) is 21.9 Å². The van der Waals surface area contributed by atoms with Gasteiger partial charge in [-0.2, -0.15) is 5.10 Å². The summed E-state index contributed by atoms with van der Waals surface area (Å²) in [6.45, 7) is 2.01. The van der Waals surface area contributed by atoms with E-state index in [0.29, 0.717) is 12.0 Å². The Morgan fingerprint density at radius 1 is 1.43 bits per heavy atom. The zero-order chi connectivity index (χ0) is 15.6. The number of nitrogens with one attached hydrogen (secondary N) is 1. The molecule has 114 valence electrons. The summed E-state index contributed by atoms with van der Waals surface area (Å²) in [6.07, 6.45) is 1.23. The molecular weight excluding hydrogens is 342 g/mol. The molecule has 0 spiro atoms. The van der Waals surface area contributed by atoms with Crippen molar-refractivity contribution in [3.05, 3.63) is 51.3 Å². The van der Waals surface area contributed by atoms with Crippen molar-refractivity contribution in [1.82, 2.24) is 15.2 Å². The number of hydrogen-bond donors (Lipinski definition) is 2. The number of benzene rings is 1. The highest BCUT2D eigenvalue weighted by molar-refractivity contribution is 9.10. The smallest absolute Gasteiger partial charge is 0.130 e. The second-order valence-electron chi connectivity index (χ2n) is 4.77. The summed E-state index contributed by atoms with van der Waals surface area (Å²) in [7, 11) is 1.83. The first-order valence-corrected chi connectivity index (χ1v) is 7.38. The van der Waals surface area contributed by atoms with Crippen molar-refractivity contribution in [2.24, 2.45) is 12.9 Å². The summed E-state index contributed by atoms with van der Waals surface area (Å²) >= 11 is 3.52. The predicted molar refractivity (Wildman–Crippen MR) is 80.4 cm³/mol. The van der Waals surface area contributed by atoms with E-state index in [2.05, 4.69) is 26.5 Å². The molecule has 1 heterocycles. The lowest BCUT2D eigenvalue weighted by molar-refractivity contribution is 0.490. The summed E-state index contributed by atoms with van der Waals surface area (Å²) in [5.74, 6) is 4.32. The van der Waals surface area contributed by atoms with Crippen molar-refractivity contribution in [2.45, 2.75) is 25.8 Å². The molecule has 7 heteroatoms. The summed E-state index contributed by atoms with van der Waals surface area (Å²) in [4.78, 5) is 0. The minimum absolute atomic E-state index is 0.324. The van der Waals surface area contributed by atoms with Crippen molar-refractivity contribution < 1.29 is 8.78 Å². The average molecular weight is 359 g/mol. The molecule has 0 aliphatic heterocycles. The fourth-order valence-corrected chi connectivity index (χ4v) is 3.06. The van der Waals surface area contributed by atoms with E-state index in [1.54, 1.807) is 4.68 Å². The first-order chi connectivity index (χ1) is 9.97. The third-order valence-corrected chi connectivity index (χ3v) is 4.35. The van der Waals surface area contributed by atoms with Gasteiger partial charge in [-0.1, -0.05) is 13.0 Å². The third-order valence-electron chi connectivity index (χ3n) is 3.44. The molecule has 1 aromatic carbocycles. The van der Waals surface area contributed by atoms with Gasteiger partial charge in [0.25, 0.3) is 0 Å². The Hall–Kier alpha value is -1.31. The fourth-order valence-electron chi connectivity index (χ4n) is 2.28. The van der Waals surface area contributed by atoms with Crippen LogP contribution < -0.4 is 11.3 Å². The van der Waals surface area contributed by atoms with Crippen molar-refractivity contribution in [3.8, 4) is 0 Å². The van der Waals surface area contributed by atoms with Gasteiger partial charge in [0.2, 0.25) is 0 Å². The maximum atomic E-state index is 13.9. The molecule has 4 nitrogen and oxygen atoms in total. The monoisotopic (exact) mass is 358 g/mol. The van der Waals surface area contributed by atoms with E-state index in [0.717, 1.165) is 28.3 Å². The van der Waals surface area contributed by atoms with Gasteiger partial charge in [0, 0.05) is 25.1 Å². The Morgan fingerprint density at radius 2 is 2.14 bits per heavy atom. The summed E-state index contributed by atoms with van der Waals surface area (Å²) in [5, 5.41) is 4.39. The van der Waals surface area contributed by atoms with Gasteiger partial charge < -0.3 is 0 Å². The maximum Gasteiger partial charge on any atom is 0.130 e. The molecule has 0 saturated heterocycles. The van der Waals surface area contributed by atoms with E-state index < -0.39 is 17.7 Å². The van der Waals surface area contributed by atoms with Crippen LogP contribution in [0, 0.1) is 11.6 Å². The van der Waals surface area contributed by atoms with Gasteiger partial charge in [-0.05, 0) is 28.4 Å². The Morgan fingerprint density at radius 3 is 2.67 bits per heavy atom. The number of aromatic nitrogens is 2. The van der Waals surface area contributed by atoms with Crippen molar-refractivity contribution in [1.29, 1.82) is 0 Å². The fraction of sp³-hybridized carbons (Fsp3) is 0.357. The number of aryl methyl sites for hydroxylation is 2. The van der Waals surface area contributed by atoms with Gasteiger partial charge in [0.1, 0.15) is 11.6 Å². The first-order valence-electron chi connectivity index (χ1n) is 6.59. The van der Waals surface area contributed by atoms with Crippen LogP contribution in [0.1, 0.15) is 29.9 Å². The summed E-state index contributed by atoms with van der Waals surface area (Å²) in [6, 6.07) is 3.01. The zero-order valence-corrected chi connectivity index (χ0v) is 13.4.